The zero-order chi connectivity index (χ0) is 18.0. The van der Waals surface area contributed by atoms with Crippen molar-refractivity contribution in [2.24, 2.45) is 0 Å². The van der Waals surface area contributed by atoms with Crippen molar-refractivity contribution in [3.8, 4) is 0 Å². The number of anilines is 1. The van der Waals surface area contributed by atoms with E-state index in [0.29, 0.717) is 5.56 Å². The summed E-state index contributed by atoms with van der Waals surface area (Å²) in [5.41, 5.74) is 2.50. The molecule has 130 valence electrons. The fraction of sp³-hybridized carbons (Fsp3) is 0.300. The maximum atomic E-state index is 13.2. The minimum atomic E-state index is -0.894. The summed E-state index contributed by atoms with van der Waals surface area (Å²) in [7, 11) is 0. The van der Waals surface area contributed by atoms with E-state index in [4.69, 9.17) is 4.74 Å². The van der Waals surface area contributed by atoms with E-state index in [1.165, 1.54) is 18.2 Å². The number of carbonyl (C=O) groups excluding carboxylic acids is 2. The molecule has 2 atom stereocenters. The van der Waals surface area contributed by atoms with Crippen molar-refractivity contribution in [1.82, 2.24) is 0 Å². The first-order chi connectivity index (χ1) is 12.0. The molecule has 0 aliphatic carbocycles. The normalized spacial score (nSPS) is 17.1. The molecule has 4 nitrogen and oxygen atoms in total. The van der Waals surface area contributed by atoms with Crippen molar-refractivity contribution in [1.29, 1.82) is 0 Å². The minimum absolute atomic E-state index is 0.0225. The zero-order valence-corrected chi connectivity index (χ0v) is 14.2. The summed E-state index contributed by atoms with van der Waals surface area (Å²) < 4.78 is 18.5. The molecular weight excluding hydrogens is 321 g/mol. The van der Waals surface area contributed by atoms with Crippen LogP contribution >= 0.6 is 0 Å². The van der Waals surface area contributed by atoms with Gasteiger partial charge in [0.1, 0.15) is 5.82 Å². The monoisotopic (exact) mass is 341 g/mol. The predicted octanol–water partition coefficient (Wildman–Crippen LogP) is 3.28. The van der Waals surface area contributed by atoms with E-state index in [-0.39, 0.29) is 18.4 Å². The van der Waals surface area contributed by atoms with Gasteiger partial charge in [0.2, 0.25) is 0 Å². The van der Waals surface area contributed by atoms with Crippen molar-refractivity contribution in [2.45, 2.75) is 38.8 Å². The highest BCUT2D eigenvalue weighted by molar-refractivity contribution is 5.99. The van der Waals surface area contributed by atoms with Gasteiger partial charge in [-0.2, -0.15) is 0 Å². The van der Waals surface area contributed by atoms with Crippen LogP contribution in [-0.2, 0) is 27.2 Å². The number of halogens is 1. The van der Waals surface area contributed by atoms with Crippen LogP contribution in [0.5, 0.6) is 0 Å². The molecule has 25 heavy (non-hydrogen) atoms. The number of esters is 1. The molecular formula is C20H20FNO3. The van der Waals surface area contributed by atoms with Crippen LogP contribution in [0.1, 0.15) is 25.0 Å². The van der Waals surface area contributed by atoms with Gasteiger partial charge in [-0.25, -0.2) is 4.39 Å². The van der Waals surface area contributed by atoms with Gasteiger partial charge in [-0.15, -0.1) is 0 Å². The average Bonchev–Trinajstić information content (AvgIpc) is 2.89. The number of carbonyl (C=O) groups is 2. The summed E-state index contributed by atoms with van der Waals surface area (Å²) in [6, 6.07) is 13.5. The SMILES string of the molecule is CC(OC(=O)Cc1cccc(F)c1)C(=O)N1c2ccccc2CC1C. The number of hydrogen-bond donors (Lipinski definition) is 0. The first-order valence-corrected chi connectivity index (χ1v) is 8.30. The van der Waals surface area contributed by atoms with Crippen LogP contribution < -0.4 is 4.90 Å². The second kappa shape index (κ2) is 7.05. The van der Waals surface area contributed by atoms with Gasteiger partial charge >= 0.3 is 5.97 Å². The molecule has 0 N–H and O–H groups in total. The minimum Gasteiger partial charge on any atom is -0.452 e. The number of fused-ring (bicyclic) bond motifs is 1. The highest BCUT2D eigenvalue weighted by Gasteiger charge is 2.34. The lowest BCUT2D eigenvalue weighted by Gasteiger charge is -2.26. The second-order valence-corrected chi connectivity index (χ2v) is 6.33. The van der Waals surface area contributed by atoms with Crippen LogP contribution in [0.3, 0.4) is 0 Å². The fourth-order valence-electron chi connectivity index (χ4n) is 3.20. The fourth-order valence-corrected chi connectivity index (χ4v) is 3.20. The number of hydrogen-bond acceptors (Lipinski definition) is 3. The Morgan fingerprint density at radius 3 is 2.76 bits per heavy atom. The molecule has 2 aromatic rings. The van der Waals surface area contributed by atoms with Gasteiger partial charge < -0.3 is 9.64 Å². The first-order valence-electron chi connectivity index (χ1n) is 8.30. The van der Waals surface area contributed by atoms with E-state index >= 15 is 0 Å². The van der Waals surface area contributed by atoms with E-state index in [0.717, 1.165) is 17.7 Å². The van der Waals surface area contributed by atoms with Gasteiger partial charge in [0.05, 0.1) is 6.42 Å². The van der Waals surface area contributed by atoms with Crippen LogP contribution in [0.25, 0.3) is 0 Å². The molecule has 1 amide bonds. The molecule has 1 aliphatic heterocycles. The number of nitrogens with zero attached hydrogens (tertiary/aromatic N) is 1. The number of ether oxygens (including phenoxy) is 1. The van der Waals surface area contributed by atoms with Gasteiger partial charge in [-0.1, -0.05) is 30.3 Å². The second-order valence-electron chi connectivity index (χ2n) is 6.33. The van der Waals surface area contributed by atoms with Crippen LogP contribution in [0, 0.1) is 5.82 Å². The summed E-state index contributed by atoms with van der Waals surface area (Å²) in [5.74, 6) is -1.20. The molecule has 3 rings (SSSR count). The van der Waals surface area contributed by atoms with Crippen LogP contribution in [0.4, 0.5) is 10.1 Å². The number of amides is 1. The van der Waals surface area contributed by atoms with Gasteiger partial charge in [-0.05, 0) is 49.6 Å². The molecule has 0 fully saturated rings. The Kier molecular flexibility index (Phi) is 4.83. The van der Waals surface area contributed by atoms with E-state index in [9.17, 15) is 14.0 Å². The summed E-state index contributed by atoms with van der Waals surface area (Å²) in [6.07, 6.45) is -0.178. The van der Waals surface area contributed by atoms with E-state index in [1.54, 1.807) is 17.9 Å². The lowest BCUT2D eigenvalue weighted by Crippen LogP contribution is -2.43. The Morgan fingerprint density at radius 2 is 2.00 bits per heavy atom. The van der Waals surface area contributed by atoms with Crippen molar-refractivity contribution < 1.29 is 18.7 Å². The van der Waals surface area contributed by atoms with Crippen molar-refractivity contribution in [3.05, 3.63) is 65.5 Å². The summed E-state index contributed by atoms with van der Waals surface area (Å²) in [5, 5.41) is 0. The molecule has 0 saturated heterocycles. The average molecular weight is 341 g/mol. The first kappa shape index (κ1) is 17.1. The molecule has 0 bridgehead atoms. The maximum absolute atomic E-state index is 13.2. The van der Waals surface area contributed by atoms with Gasteiger partial charge in [0.15, 0.2) is 6.10 Å². The smallest absolute Gasteiger partial charge is 0.311 e. The quantitative estimate of drug-likeness (QED) is 0.802. The molecule has 2 aromatic carbocycles. The van der Waals surface area contributed by atoms with E-state index in [1.807, 2.05) is 31.2 Å². The zero-order valence-electron chi connectivity index (χ0n) is 14.2. The number of para-hydroxylation sites is 1. The van der Waals surface area contributed by atoms with E-state index < -0.39 is 17.9 Å². The number of rotatable bonds is 4. The summed E-state index contributed by atoms with van der Waals surface area (Å²) in [6.45, 7) is 3.54. The summed E-state index contributed by atoms with van der Waals surface area (Å²) in [4.78, 5) is 26.5. The third-order valence-corrected chi connectivity index (χ3v) is 4.34. The van der Waals surface area contributed by atoms with Crippen molar-refractivity contribution in [3.63, 3.8) is 0 Å². The predicted molar refractivity (Wildman–Crippen MR) is 92.8 cm³/mol. The van der Waals surface area contributed by atoms with Gasteiger partial charge in [0, 0.05) is 11.7 Å². The third kappa shape index (κ3) is 3.71. The molecule has 0 saturated carbocycles. The Balaban J connectivity index is 1.66. The lowest BCUT2D eigenvalue weighted by molar-refractivity contribution is -0.153. The Morgan fingerprint density at radius 1 is 1.24 bits per heavy atom. The molecule has 0 radical (unpaired) electrons. The number of benzene rings is 2. The van der Waals surface area contributed by atoms with Crippen LogP contribution in [0.2, 0.25) is 0 Å². The third-order valence-electron chi connectivity index (χ3n) is 4.34. The molecule has 0 aromatic heterocycles. The molecule has 2 unspecified atom stereocenters. The molecule has 0 spiro atoms. The Labute approximate surface area is 146 Å². The highest BCUT2D eigenvalue weighted by atomic mass is 19.1. The highest BCUT2D eigenvalue weighted by Crippen LogP contribution is 2.32. The maximum Gasteiger partial charge on any atom is 0.311 e. The van der Waals surface area contributed by atoms with Gasteiger partial charge in [0.25, 0.3) is 5.91 Å². The molecule has 1 heterocycles. The Hall–Kier alpha value is -2.69. The Bertz CT molecular complexity index is 805. The van der Waals surface area contributed by atoms with E-state index in [2.05, 4.69) is 0 Å². The largest absolute Gasteiger partial charge is 0.452 e. The lowest BCUT2D eigenvalue weighted by atomic mass is 10.1. The van der Waals surface area contributed by atoms with Crippen molar-refractivity contribution in [2.75, 3.05) is 4.90 Å². The van der Waals surface area contributed by atoms with Crippen LogP contribution in [0.15, 0.2) is 48.5 Å². The summed E-state index contributed by atoms with van der Waals surface area (Å²) >= 11 is 0. The standard InChI is InChI=1S/C20H20FNO3/c1-13-10-16-7-3-4-9-18(16)22(13)20(24)14(2)25-19(23)12-15-6-5-8-17(21)11-15/h3-9,11,13-14H,10,12H2,1-2H3. The molecule has 5 heteroatoms. The van der Waals surface area contributed by atoms with Crippen molar-refractivity contribution >= 4 is 17.6 Å². The van der Waals surface area contributed by atoms with Crippen LogP contribution in [-0.4, -0.2) is 24.0 Å². The topological polar surface area (TPSA) is 46.6 Å². The van der Waals surface area contributed by atoms with Gasteiger partial charge in [-0.3, -0.25) is 9.59 Å². The molecule has 1 aliphatic rings.